The van der Waals surface area contributed by atoms with Crippen LogP contribution in [0.5, 0.6) is 0 Å². The van der Waals surface area contributed by atoms with Gasteiger partial charge in [0.15, 0.2) is 0 Å². The molecule has 2 aliphatic rings. The zero-order valence-corrected chi connectivity index (χ0v) is 11.5. The highest BCUT2D eigenvalue weighted by atomic mass is 32.2. The molecule has 2 atom stereocenters. The third-order valence-corrected chi connectivity index (χ3v) is 5.49. The van der Waals surface area contributed by atoms with E-state index in [2.05, 4.69) is 23.5 Å². The first kappa shape index (κ1) is 13.3. The number of rotatable bonds is 4. The van der Waals surface area contributed by atoms with Crippen molar-refractivity contribution in [1.82, 2.24) is 13.9 Å². The molecule has 2 fully saturated rings. The van der Waals surface area contributed by atoms with Gasteiger partial charge in [0.25, 0.3) is 10.2 Å². The summed E-state index contributed by atoms with van der Waals surface area (Å²) < 4.78 is 28.7. The highest BCUT2D eigenvalue weighted by Crippen LogP contribution is 2.19. The standard InChI is InChI=1S/C11H23N3O2S/c1-3-13-8-10(2)11(9-13)12-17(15,16)14-6-4-5-7-14/h10-12H,3-9H2,1-2H3. The van der Waals surface area contributed by atoms with Crippen molar-refractivity contribution in [3.8, 4) is 0 Å². The van der Waals surface area contributed by atoms with Crippen molar-refractivity contribution in [2.75, 3.05) is 32.7 Å². The Morgan fingerprint density at radius 1 is 1.24 bits per heavy atom. The minimum Gasteiger partial charge on any atom is -0.302 e. The lowest BCUT2D eigenvalue weighted by atomic mass is 10.1. The summed E-state index contributed by atoms with van der Waals surface area (Å²) in [6.07, 6.45) is 1.98. The van der Waals surface area contributed by atoms with Crippen LogP contribution in [0.15, 0.2) is 0 Å². The second-order valence-electron chi connectivity index (χ2n) is 5.17. The Bertz CT molecular complexity index is 352. The second kappa shape index (κ2) is 5.22. The molecule has 0 radical (unpaired) electrons. The molecule has 2 aliphatic heterocycles. The predicted octanol–water partition coefficient (Wildman–Crippen LogP) is 0.257. The van der Waals surface area contributed by atoms with Crippen LogP contribution in [0, 0.1) is 5.92 Å². The maximum absolute atomic E-state index is 12.1. The summed E-state index contributed by atoms with van der Waals surface area (Å²) in [5.41, 5.74) is 0. The number of likely N-dealkylation sites (N-methyl/N-ethyl adjacent to an activating group) is 1. The first-order chi connectivity index (χ1) is 8.03. The Balaban J connectivity index is 1.96. The van der Waals surface area contributed by atoms with E-state index in [1.165, 1.54) is 0 Å². The van der Waals surface area contributed by atoms with Crippen molar-refractivity contribution in [2.45, 2.75) is 32.7 Å². The molecular weight excluding hydrogens is 238 g/mol. The van der Waals surface area contributed by atoms with Crippen LogP contribution in [0.2, 0.25) is 0 Å². The fourth-order valence-electron chi connectivity index (χ4n) is 2.67. The van der Waals surface area contributed by atoms with Gasteiger partial charge in [-0.1, -0.05) is 13.8 Å². The second-order valence-corrected chi connectivity index (χ2v) is 6.87. The van der Waals surface area contributed by atoms with Gasteiger partial charge in [0.05, 0.1) is 0 Å². The Labute approximate surface area is 104 Å². The van der Waals surface area contributed by atoms with Crippen LogP contribution in [-0.2, 0) is 10.2 Å². The van der Waals surface area contributed by atoms with Gasteiger partial charge in [0, 0.05) is 32.2 Å². The molecule has 0 aromatic heterocycles. The molecule has 0 aromatic carbocycles. The van der Waals surface area contributed by atoms with Crippen molar-refractivity contribution < 1.29 is 8.42 Å². The van der Waals surface area contributed by atoms with Crippen molar-refractivity contribution in [3.63, 3.8) is 0 Å². The monoisotopic (exact) mass is 261 g/mol. The molecule has 0 aromatic rings. The minimum atomic E-state index is -3.25. The summed E-state index contributed by atoms with van der Waals surface area (Å²) in [5, 5.41) is 0. The molecule has 0 bridgehead atoms. The molecule has 5 nitrogen and oxygen atoms in total. The van der Waals surface area contributed by atoms with E-state index < -0.39 is 10.2 Å². The highest BCUT2D eigenvalue weighted by Gasteiger charge is 2.34. The maximum atomic E-state index is 12.1. The lowest BCUT2D eigenvalue weighted by Gasteiger charge is -2.21. The average Bonchev–Trinajstić information content (AvgIpc) is 2.88. The summed E-state index contributed by atoms with van der Waals surface area (Å²) in [7, 11) is -3.25. The number of hydrogen-bond donors (Lipinski definition) is 1. The van der Waals surface area contributed by atoms with Crippen LogP contribution in [-0.4, -0.2) is 56.4 Å². The molecular formula is C11H23N3O2S. The first-order valence-corrected chi connectivity index (χ1v) is 7.96. The van der Waals surface area contributed by atoms with Gasteiger partial charge in [-0.25, -0.2) is 0 Å². The third kappa shape index (κ3) is 2.99. The summed E-state index contributed by atoms with van der Waals surface area (Å²) in [4.78, 5) is 2.29. The molecule has 2 heterocycles. The third-order valence-electron chi connectivity index (χ3n) is 3.84. The SMILES string of the molecule is CCN1CC(C)C(NS(=O)(=O)N2CCCC2)C1. The van der Waals surface area contributed by atoms with Gasteiger partial charge in [-0.2, -0.15) is 17.4 Å². The van der Waals surface area contributed by atoms with Gasteiger partial charge >= 0.3 is 0 Å². The van der Waals surface area contributed by atoms with Crippen LogP contribution in [0.3, 0.4) is 0 Å². The molecule has 0 amide bonds. The topological polar surface area (TPSA) is 52.7 Å². The number of nitrogens with zero attached hydrogens (tertiary/aromatic N) is 2. The van der Waals surface area contributed by atoms with E-state index in [0.717, 1.165) is 32.5 Å². The van der Waals surface area contributed by atoms with Gasteiger partial charge in [-0.3, -0.25) is 0 Å². The van der Waals surface area contributed by atoms with Crippen molar-refractivity contribution in [3.05, 3.63) is 0 Å². The van der Waals surface area contributed by atoms with Crippen LogP contribution >= 0.6 is 0 Å². The first-order valence-electron chi connectivity index (χ1n) is 6.52. The Kier molecular flexibility index (Phi) is 4.07. The molecule has 2 saturated heterocycles. The van der Waals surface area contributed by atoms with E-state index >= 15 is 0 Å². The molecule has 17 heavy (non-hydrogen) atoms. The molecule has 0 saturated carbocycles. The van der Waals surface area contributed by atoms with Gasteiger partial charge in [0.2, 0.25) is 0 Å². The van der Waals surface area contributed by atoms with Crippen molar-refractivity contribution >= 4 is 10.2 Å². The van der Waals surface area contributed by atoms with Gasteiger partial charge in [0.1, 0.15) is 0 Å². The van der Waals surface area contributed by atoms with Crippen LogP contribution < -0.4 is 4.72 Å². The highest BCUT2D eigenvalue weighted by molar-refractivity contribution is 7.87. The van der Waals surface area contributed by atoms with Gasteiger partial charge in [-0.15, -0.1) is 0 Å². The van der Waals surface area contributed by atoms with Gasteiger partial charge in [-0.05, 0) is 25.3 Å². The Morgan fingerprint density at radius 3 is 2.41 bits per heavy atom. The average molecular weight is 261 g/mol. The van der Waals surface area contributed by atoms with E-state index in [1.807, 2.05) is 0 Å². The molecule has 0 aliphatic carbocycles. The summed E-state index contributed by atoms with van der Waals surface area (Å²) in [5.74, 6) is 0.396. The zero-order chi connectivity index (χ0) is 12.5. The van der Waals surface area contributed by atoms with Crippen LogP contribution in [0.4, 0.5) is 0 Å². The van der Waals surface area contributed by atoms with Crippen LogP contribution in [0.1, 0.15) is 26.7 Å². The quantitative estimate of drug-likeness (QED) is 0.789. The fraction of sp³-hybridized carbons (Fsp3) is 1.00. The van der Waals surface area contributed by atoms with E-state index in [4.69, 9.17) is 0 Å². The molecule has 2 rings (SSSR count). The van der Waals surface area contributed by atoms with E-state index in [-0.39, 0.29) is 6.04 Å². The Morgan fingerprint density at radius 2 is 1.88 bits per heavy atom. The number of likely N-dealkylation sites (tertiary alicyclic amines) is 1. The normalized spacial score (nSPS) is 32.4. The molecule has 100 valence electrons. The van der Waals surface area contributed by atoms with E-state index in [9.17, 15) is 8.42 Å². The zero-order valence-electron chi connectivity index (χ0n) is 10.7. The van der Waals surface area contributed by atoms with Crippen LogP contribution in [0.25, 0.3) is 0 Å². The van der Waals surface area contributed by atoms with Crippen molar-refractivity contribution in [1.29, 1.82) is 0 Å². The molecule has 1 N–H and O–H groups in total. The lowest BCUT2D eigenvalue weighted by molar-refractivity contribution is 0.344. The number of hydrogen-bond acceptors (Lipinski definition) is 3. The van der Waals surface area contributed by atoms with E-state index in [1.54, 1.807) is 4.31 Å². The summed E-state index contributed by atoms with van der Waals surface area (Å²) >= 11 is 0. The predicted molar refractivity (Wildman–Crippen MR) is 67.9 cm³/mol. The fourth-order valence-corrected chi connectivity index (χ4v) is 4.25. The largest absolute Gasteiger partial charge is 0.302 e. The van der Waals surface area contributed by atoms with Crippen molar-refractivity contribution in [2.24, 2.45) is 5.92 Å². The smallest absolute Gasteiger partial charge is 0.279 e. The number of nitrogens with one attached hydrogen (secondary N) is 1. The lowest BCUT2D eigenvalue weighted by Crippen LogP contribution is -2.46. The van der Waals surface area contributed by atoms with Gasteiger partial charge < -0.3 is 4.90 Å². The molecule has 0 spiro atoms. The Hall–Kier alpha value is -0.170. The van der Waals surface area contributed by atoms with E-state index in [0.29, 0.717) is 19.0 Å². The maximum Gasteiger partial charge on any atom is 0.279 e. The minimum absolute atomic E-state index is 0.0700. The summed E-state index contributed by atoms with van der Waals surface area (Å²) in [6.45, 7) is 8.40. The summed E-state index contributed by atoms with van der Waals surface area (Å²) in [6, 6.07) is 0.0700. The molecule has 6 heteroatoms. The molecule has 2 unspecified atom stereocenters.